The highest BCUT2D eigenvalue weighted by Crippen LogP contribution is 2.29. The molecular weight excluding hydrogens is 290 g/mol. The molecule has 1 heterocycles. The van der Waals surface area contributed by atoms with Gasteiger partial charge in [0.2, 0.25) is 5.91 Å². The van der Waals surface area contributed by atoms with Gasteiger partial charge in [-0.05, 0) is 24.3 Å². The summed E-state index contributed by atoms with van der Waals surface area (Å²) in [5.74, 6) is -0.413. The first-order chi connectivity index (χ1) is 11.1. The second-order valence-electron chi connectivity index (χ2n) is 5.06. The minimum Gasteiger partial charge on any atom is -0.326 e. The number of carbonyl (C=O) groups excluding carboxylic acids is 2. The highest BCUT2D eigenvalue weighted by atomic mass is 16.2. The molecule has 2 N–H and O–H groups in total. The molecule has 0 aliphatic heterocycles. The standard InChI is InChI=1S/C18H15N3O2/c1-12(22)20-15-9-4-7-14-13(15)6-5-10-16(14)21-18(23)17-8-2-3-11-19-17/h2-11H,1H3,(H,20,22)(H,21,23). The van der Waals surface area contributed by atoms with E-state index in [0.717, 1.165) is 10.8 Å². The first-order valence-corrected chi connectivity index (χ1v) is 7.17. The van der Waals surface area contributed by atoms with Crippen molar-refractivity contribution < 1.29 is 9.59 Å². The summed E-state index contributed by atoms with van der Waals surface area (Å²) in [4.78, 5) is 27.6. The van der Waals surface area contributed by atoms with Crippen molar-refractivity contribution >= 4 is 34.0 Å². The Balaban J connectivity index is 1.99. The molecule has 0 saturated carbocycles. The lowest BCUT2D eigenvalue weighted by Gasteiger charge is -2.11. The van der Waals surface area contributed by atoms with Gasteiger partial charge in [-0.1, -0.05) is 30.3 Å². The summed E-state index contributed by atoms with van der Waals surface area (Å²) in [5.41, 5.74) is 1.73. The number of rotatable bonds is 3. The van der Waals surface area contributed by atoms with Gasteiger partial charge < -0.3 is 10.6 Å². The normalized spacial score (nSPS) is 10.3. The summed E-state index contributed by atoms with van der Waals surface area (Å²) in [5, 5.41) is 7.38. The van der Waals surface area contributed by atoms with Gasteiger partial charge in [0.15, 0.2) is 0 Å². The number of fused-ring (bicyclic) bond motifs is 1. The number of benzene rings is 2. The zero-order valence-corrected chi connectivity index (χ0v) is 12.5. The SMILES string of the molecule is CC(=O)Nc1cccc2c(NC(=O)c3ccccn3)cccc12. The molecule has 2 aromatic carbocycles. The average Bonchev–Trinajstić information content (AvgIpc) is 2.56. The monoisotopic (exact) mass is 305 g/mol. The number of nitrogens with zero attached hydrogens (tertiary/aromatic N) is 1. The highest BCUT2D eigenvalue weighted by molar-refractivity contribution is 6.11. The largest absolute Gasteiger partial charge is 0.326 e. The summed E-state index contributed by atoms with van der Waals surface area (Å²) in [6.07, 6.45) is 1.58. The Kier molecular flexibility index (Phi) is 4.01. The molecule has 3 aromatic rings. The number of anilines is 2. The van der Waals surface area contributed by atoms with E-state index in [2.05, 4.69) is 15.6 Å². The van der Waals surface area contributed by atoms with Gasteiger partial charge in [0, 0.05) is 35.3 Å². The second kappa shape index (κ2) is 6.27. The van der Waals surface area contributed by atoms with Crippen molar-refractivity contribution in [2.24, 2.45) is 0 Å². The van der Waals surface area contributed by atoms with E-state index in [9.17, 15) is 9.59 Å². The maximum atomic E-state index is 12.3. The molecule has 0 radical (unpaired) electrons. The quantitative estimate of drug-likeness (QED) is 0.778. The molecule has 0 atom stereocenters. The molecule has 0 aliphatic rings. The topological polar surface area (TPSA) is 71.1 Å². The minimum atomic E-state index is -0.275. The molecule has 23 heavy (non-hydrogen) atoms. The van der Waals surface area contributed by atoms with Crippen molar-refractivity contribution in [2.45, 2.75) is 6.92 Å². The molecule has 114 valence electrons. The van der Waals surface area contributed by atoms with E-state index in [1.807, 2.05) is 36.4 Å². The average molecular weight is 305 g/mol. The summed E-state index contributed by atoms with van der Waals surface area (Å²) in [6, 6.07) is 16.3. The van der Waals surface area contributed by atoms with Crippen LogP contribution in [-0.4, -0.2) is 16.8 Å². The van der Waals surface area contributed by atoms with Crippen molar-refractivity contribution in [3.63, 3.8) is 0 Å². The highest BCUT2D eigenvalue weighted by Gasteiger charge is 2.10. The Hall–Kier alpha value is -3.21. The maximum absolute atomic E-state index is 12.3. The lowest BCUT2D eigenvalue weighted by Crippen LogP contribution is -2.13. The predicted octanol–water partition coefficient (Wildman–Crippen LogP) is 3.45. The molecule has 3 rings (SSSR count). The van der Waals surface area contributed by atoms with E-state index in [1.54, 1.807) is 24.4 Å². The first kappa shape index (κ1) is 14.7. The second-order valence-corrected chi connectivity index (χ2v) is 5.06. The molecule has 5 heteroatoms. The van der Waals surface area contributed by atoms with Crippen LogP contribution in [0, 0.1) is 0 Å². The third kappa shape index (κ3) is 3.18. The fourth-order valence-corrected chi connectivity index (χ4v) is 2.40. The zero-order chi connectivity index (χ0) is 16.2. The molecule has 0 aliphatic carbocycles. The fourth-order valence-electron chi connectivity index (χ4n) is 2.40. The molecule has 0 fully saturated rings. The number of amides is 2. The van der Waals surface area contributed by atoms with E-state index in [-0.39, 0.29) is 11.8 Å². The lowest BCUT2D eigenvalue weighted by atomic mass is 10.1. The van der Waals surface area contributed by atoms with E-state index >= 15 is 0 Å². The van der Waals surface area contributed by atoms with Crippen LogP contribution < -0.4 is 10.6 Å². The molecule has 5 nitrogen and oxygen atoms in total. The fraction of sp³-hybridized carbons (Fsp3) is 0.0556. The Morgan fingerprint density at radius 2 is 1.48 bits per heavy atom. The molecule has 0 bridgehead atoms. The van der Waals surface area contributed by atoms with Crippen LogP contribution in [0.2, 0.25) is 0 Å². The summed E-state index contributed by atoms with van der Waals surface area (Å²) in [6.45, 7) is 1.46. The number of nitrogens with one attached hydrogen (secondary N) is 2. The van der Waals surface area contributed by atoms with Crippen molar-refractivity contribution in [3.8, 4) is 0 Å². The minimum absolute atomic E-state index is 0.138. The summed E-state index contributed by atoms with van der Waals surface area (Å²) >= 11 is 0. The van der Waals surface area contributed by atoms with Gasteiger partial charge in [-0.2, -0.15) is 0 Å². The third-order valence-electron chi connectivity index (χ3n) is 3.38. The smallest absolute Gasteiger partial charge is 0.274 e. The van der Waals surface area contributed by atoms with Crippen LogP contribution >= 0.6 is 0 Å². The van der Waals surface area contributed by atoms with Gasteiger partial charge in [-0.25, -0.2) is 0 Å². The molecule has 2 amide bonds. The Labute approximate surface area is 133 Å². The van der Waals surface area contributed by atoms with E-state index in [0.29, 0.717) is 17.1 Å². The van der Waals surface area contributed by atoms with Crippen LogP contribution in [0.5, 0.6) is 0 Å². The number of aromatic nitrogens is 1. The summed E-state index contributed by atoms with van der Waals surface area (Å²) in [7, 11) is 0. The Bertz CT molecular complexity index is 876. The van der Waals surface area contributed by atoms with Gasteiger partial charge in [-0.3, -0.25) is 14.6 Å². The molecule has 0 spiro atoms. The lowest BCUT2D eigenvalue weighted by molar-refractivity contribution is -0.114. The van der Waals surface area contributed by atoms with Gasteiger partial charge in [0.05, 0.1) is 0 Å². The molecular formula is C18H15N3O2. The maximum Gasteiger partial charge on any atom is 0.274 e. The van der Waals surface area contributed by atoms with E-state index < -0.39 is 0 Å². The van der Waals surface area contributed by atoms with Crippen LogP contribution in [0.15, 0.2) is 60.8 Å². The molecule has 1 aromatic heterocycles. The van der Waals surface area contributed by atoms with E-state index in [4.69, 9.17) is 0 Å². The van der Waals surface area contributed by atoms with Crippen molar-refractivity contribution in [2.75, 3.05) is 10.6 Å². The van der Waals surface area contributed by atoms with Crippen LogP contribution in [0.1, 0.15) is 17.4 Å². The predicted molar refractivity (Wildman–Crippen MR) is 90.4 cm³/mol. The van der Waals surface area contributed by atoms with Gasteiger partial charge in [0.1, 0.15) is 5.69 Å². The van der Waals surface area contributed by atoms with Crippen LogP contribution in [-0.2, 0) is 4.79 Å². The van der Waals surface area contributed by atoms with Crippen molar-refractivity contribution in [1.82, 2.24) is 4.98 Å². The molecule has 0 saturated heterocycles. The Morgan fingerprint density at radius 3 is 2.04 bits per heavy atom. The van der Waals surface area contributed by atoms with Gasteiger partial charge in [-0.15, -0.1) is 0 Å². The van der Waals surface area contributed by atoms with Gasteiger partial charge in [0.25, 0.3) is 5.91 Å². The van der Waals surface area contributed by atoms with Gasteiger partial charge >= 0.3 is 0 Å². The third-order valence-corrected chi connectivity index (χ3v) is 3.38. The van der Waals surface area contributed by atoms with Crippen LogP contribution in [0.25, 0.3) is 10.8 Å². The zero-order valence-electron chi connectivity index (χ0n) is 12.5. The molecule has 0 unspecified atom stereocenters. The number of carbonyl (C=O) groups is 2. The number of hydrogen-bond acceptors (Lipinski definition) is 3. The van der Waals surface area contributed by atoms with Crippen molar-refractivity contribution in [1.29, 1.82) is 0 Å². The first-order valence-electron chi connectivity index (χ1n) is 7.17. The van der Waals surface area contributed by atoms with Crippen LogP contribution in [0.3, 0.4) is 0 Å². The van der Waals surface area contributed by atoms with Crippen LogP contribution in [0.4, 0.5) is 11.4 Å². The number of hydrogen-bond donors (Lipinski definition) is 2. The van der Waals surface area contributed by atoms with E-state index in [1.165, 1.54) is 6.92 Å². The number of pyridine rings is 1. The summed E-state index contributed by atoms with van der Waals surface area (Å²) < 4.78 is 0. The Morgan fingerprint density at radius 1 is 0.826 bits per heavy atom. The van der Waals surface area contributed by atoms with Crippen molar-refractivity contribution in [3.05, 3.63) is 66.5 Å².